The predicted molar refractivity (Wildman–Crippen MR) is 150 cm³/mol. The Morgan fingerprint density at radius 3 is 2.46 bits per heavy atom. The van der Waals surface area contributed by atoms with Crippen molar-refractivity contribution < 1.29 is 28.5 Å². The van der Waals surface area contributed by atoms with E-state index in [0.29, 0.717) is 35.0 Å². The molecule has 0 saturated heterocycles. The first kappa shape index (κ1) is 27.2. The molecule has 1 N–H and O–H groups in total. The van der Waals surface area contributed by atoms with Gasteiger partial charge in [-0.25, -0.2) is 10.2 Å². The van der Waals surface area contributed by atoms with E-state index in [4.69, 9.17) is 18.9 Å². The van der Waals surface area contributed by atoms with Crippen LogP contribution in [0.3, 0.4) is 0 Å². The zero-order valence-corrected chi connectivity index (χ0v) is 21.9. The largest absolute Gasteiger partial charge is 0.494 e. The maximum Gasteiger partial charge on any atom is 0.343 e. The van der Waals surface area contributed by atoms with Gasteiger partial charge in [-0.2, -0.15) is 5.10 Å². The minimum absolute atomic E-state index is 0.185. The molecule has 4 rings (SSSR count). The van der Waals surface area contributed by atoms with E-state index in [0.717, 1.165) is 23.6 Å². The van der Waals surface area contributed by atoms with Gasteiger partial charge in [0.1, 0.15) is 11.5 Å². The van der Waals surface area contributed by atoms with Crippen LogP contribution in [-0.4, -0.2) is 38.4 Å². The number of fused-ring (bicyclic) bond motifs is 1. The molecular formula is C31H30N2O6. The Labute approximate surface area is 227 Å². The molecule has 0 aliphatic heterocycles. The number of benzene rings is 4. The van der Waals surface area contributed by atoms with E-state index < -0.39 is 11.9 Å². The van der Waals surface area contributed by atoms with Crippen molar-refractivity contribution in [2.75, 3.05) is 20.3 Å². The summed E-state index contributed by atoms with van der Waals surface area (Å²) in [4.78, 5) is 24.8. The Kier molecular flexibility index (Phi) is 9.50. The highest BCUT2D eigenvalue weighted by atomic mass is 16.6. The average molecular weight is 527 g/mol. The monoisotopic (exact) mass is 526 g/mol. The third-order valence-corrected chi connectivity index (χ3v) is 5.76. The number of ether oxygens (including phenoxy) is 4. The molecule has 200 valence electrons. The van der Waals surface area contributed by atoms with Crippen LogP contribution >= 0.6 is 0 Å². The van der Waals surface area contributed by atoms with Gasteiger partial charge < -0.3 is 18.9 Å². The summed E-state index contributed by atoms with van der Waals surface area (Å²) >= 11 is 0. The van der Waals surface area contributed by atoms with Gasteiger partial charge in [0.05, 0.1) is 25.5 Å². The van der Waals surface area contributed by atoms with E-state index in [9.17, 15) is 9.59 Å². The number of methoxy groups -OCH3 is 1. The second-order valence-corrected chi connectivity index (χ2v) is 8.59. The van der Waals surface area contributed by atoms with Crippen molar-refractivity contribution in [1.82, 2.24) is 5.43 Å². The molecule has 0 heterocycles. The third kappa shape index (κ3) is 7.58. The van der Waals surface area contributed by atoms with Gasteiger partial charge in [0.2, 0.25) is 0 Å². The molecule has 0 saturated carbocycles. The van der Waals surface area contributed by atoms with Crippen LogP contribution in [0.1, 0.15) is 35.7 Å². The van der Waals surface area contributed by atoms with Crippen molar-refractivity contribution in [3.63, 3.8) is 0 Å². The number of carbonyl (C=O) groups excluding carboxylic acids is 2. The van der Waals surface area contributed by atoms with E-state index in [1.54, 1.807) is 42.5 Å². The summed E-state index contributed by atoms with van der Waals surface area (Å²) in [5, 5.41) is 5.94. The number of carbonyl (C=O) groups is 2. The molecule has 39 heavy (non-hydrogen) atoms. The van der Waals surface area contributed by atoms with Crippen LogP contribution in [-0.2, 0) is 4.79 Å². The molecule has 4 aromatic carbocycles. The number of hydrogen-bond donors (Lipinski definition) is 1. The summed E-state index contributed by atoms with van der Waals surface area (Å²) in [6.07, 6.45) is 3.48. The van der Waals surface area contributed by atoms with E-state index in [2.05, 4.69) is 17.5 Å². The topological polar surface area (TPSA) is 95.5 Å². The normalized spacial score (nSPS) is 10.8. The van der Waals surface area contributed by atoms with E-state index in [1.165, 1.54) is 13.3 Å². The van der Waals surface area contributed by atoms with Gasteiger partial charge in [0, 0.05) is 5.39 Å². The highest BCUT2D eigenvalue weighted by molar-refractivity contribution is 5.92. The molecule has 0 unspecified atom stereocenters. The maximum absolute atomic E-state index is 12.6. The number of unbranched alkanes of at least 4 members (excludes halogenated alkanes) is 1. The molecular weight excluding hydrogens is 496 g/mol. The second kappa shape index (κ2) is 13.6. The smallest absolute Gasteiger partial charge is 0.343 e. The molecule has 0 spiro atoms. The predicted octanol–water partition coefficient (Wildman–Crippen LogP) is 5.78. The molecule has 8 heteroatoms. The van der Waals surface area contributed by atoms with Gasteiger partial charge in [0.25, 0.3) is 5.91 Å². The van der Waals surface area contributed by atoms with E-state index in [1.807, 2.05) is 42.5 Å². The van der Waals surface area contributed by atoms with Crippen LogP contribution in [0.15, 0.2) is 90.0 Å². The van der Waals surface area contributed by atoms with Crippen molar-refractivity contribution >= 4 is 28.9 Å². The zero-order chi connectivity index (χ0) is 27.5. The van der Waals surface area contributed by atoms with Crippen molar-refractivity contribution in [2.45, 2.75) is 19.8 Å². The van der Waals surface area contributed by atoms with Crippen LogP contribution in [0, 0.1) is 0 Å². The van der Waals surface area contributed by atoms with Crippen LogP contribution in [0.4, 0.5) is 0 Å². The van der Waals surface area contributed by atoms with Crippen LogP contribution in [0.25, 0.3) is 10.8 Å². The molecule has 0 radical (unpaired) electrons. The molecule has 0 aromatic heterocycles. The van der Waals surface area contributed by atoms with Crippen LogP contribution < -0.4 is 24.4 Å². The number of nitrogens with zero attached hydrogens (tertiary/aromatic N) is 1. The molecule has 0 atom stereocenters. The summed E-state index contributed by atoms with van der Waals surface area (Å²) in [5.41, 5.74) is 3.47. The first-order valence-electron chi connectivity index (χ1n) is 12.6. The van der Waals surface area contributed by atoms with E-state index >= 15 is 0 Å². The lowest BCUT2D eigenvalue weighted by molar-refractivity contribution is -0.123. The zero-order valence-electron chi connectivity index (χ0n) is 21.9. The maximum atomic E-state index is 12.6. The number of nitrogens with one attached hydrogen (secondary N) is 1. The van der Waals surface area contributed by atoms with Crippen molar-refractivity contribution in [3.05, 3.63) is 96.1 Å². The SMILES string of the molecule is CCCCOc1ccc(C(=O)Oc2ccc(/C=N\NC(=O)COc3cccc4ccccc34)cc2OC)cc1. The summed E-state index contributed by atoms with van der Waals surface area (Å²) < 4.78 is 22.2. The molecule has 0 fully saturated rings. The standard InChI is InChI=1S/C31H30N2O6/c1-3-4-18-37-25-15-13-24(14-16-25)31(35)39-28-17-12-22(19-29(28)36-2)20-32-33-30(34)21-38-27-11-7-9-23-8-5-6-10-26(23)27/h5-17,19-20H,3-4,18,21H2,1-2H3,(H,33,34)/b32-20-. The average Bonchev–Trinajstić information content (AvgIpc) is 2.97. The summed E-state index contributed by atoms with van der Waals surface area (Å²) in [6, 6.07) is 25.2. The fourth-order valence-corrected chi connectivity index (χ4v) is 3.71. The minimum atomic E-state index is -0.520. The fraction of sp³-hybridized carbons (Fsp3) is 0.194. The Hall–Kier alpha value is -4.85. The summed E-state index contributed by atoms with van der Waals surface area (Å²) in [5.74, 6) is 1.01. The van der Waals surface area contributed by atoms with Gasteiger partial charge in [-0.1, -0.05) is 49.7 Å². The van der Waals surface area contributed by atoms with Crippen LogP contribution in [0.5, 0.6) is 23.0 Å². The van der Waals surface area contributed by atoms with Gasteiger partial charge in [-0.3, -0.25) is 4.79 Å². The summed E-state index contributed by atoms with van der Waals surface area (Å²) in [7, 11) is 1.47. The number of hydrazone groups is 1. The Morgan fingerprint density at radius 1 is 0.872 bits per heavy atom. The molecule has 0 aliphatic rings. The third-order valence-electron chi connectivity index (χ3n) is 5.76. The number of esters is 1. The van der Waals surface area contributed by atoms with Gasteiger partial charge in [-0.15, -0.1) is 0 Å². The summed E-state index contributed by atoms with van der Waals surface area (Å²) in [6.45, 7) is 2.55. The molecule has 8 nitrogen and oxygen atoms in total. The fourth-order valence-electron chi connectivity index (χ4n) is 3.71. The molecule has 4 aromatic rings. The quantitative estimate of drug-likeness (QED) is 0.0827. The lowest BCUT2D eigenvalue weighted by Crippen LogP contribution is -2.24. The van der Waals surface area contributed by atoms with Gasteiger partial charge in [0.15, 0.2) is 18.1 Å². The second-order valence-electron chi connectivity index (χ2n) is 8.59. The number of hydrogen-bond acceptors (Lipinski definition) is 7. The number of amides is 1. The van der Waals surface area contributed by atoms with Crippen molar-refractivity contribution in [3.8, 4) is 23.0 Å². The van der Waals surface area contributed by atoms with Gasteiger partial charge in [-0.05, 0) is 65.9 Å². The number of rotatable bonds is 12. The highest BCUT2D eigenvalue weighted by Gasteiger charge is 2.13. The Balaban J connectivity index is 1.30. The van der Waals surface area contributed by atoms with Gasteiger partial charge >= 0.3 is 5.97 Å². The van der Waals surface area contributed by atoms with Crippen molar-refractivity contribution in [2.24, 2.45) is 5.10 Å². The highest BCUT2D eigenvalue weighted by Crippen LogP contribution is 2.29. The Morgan fingerprint density at radius 2 is 1.67 bits per heavy atom. The van der Waals surface area contributed by atoms with E-state index in [-0.39, 0.29) is 12.4 Å². The lowest BCUT2D eigenvalue weighted by Gasteiger charge is -2.10. The van der Waals surface area contributed by atoms with Crippen LogP contribution in [0.2, 0.25) is 0 Å². The Bertz CT molecular complexity index is 1440. The molecule has 0 aliphatic carbocycles. The first-order valence-corrected chi connectivity index (χ1v) is 12.6. The molecule has 0 bridgehead atoms. The minimum Gasteiger partial charge on any atom is -0.494 e. The lowest BCUT2D eigenvalue weighted by atomic mass is 10.1. The molecule has 1 amide bonds. The van der Waals surface area contributed by atoms with Crippen molar-refractivity contribution in [1.29, 1.82) is 0 Å². The first-order chi connectivity index (χ1) is 19.1.